The zero-order valence-electron chi connectivity index (χ0n) is 16.5. The van der Waals surface area contributed by atoms with E-state index in [2.05, 4.69) is 5.32 Å². The quantitative estimate of drug-likeness (QED) is 0.802. The van der Waals surface area contributed by atoms with Gasteiger partial charge in [-0.15, -0.1) is 0 Å². The highest BCUT2D eigenvalue weighted by Crippen LogP contribution is 2.35. The lowest BCUT2D eigenvalue weighted by Crippen LogP contribution is -2.24. The van der Waals surface area contributed by atoms with E-state index in [-0.39, 0.29) is 23.5 Å². The van der Waals surface area contributed by atoms with E-state index in [1.807, 2.05) is 26.0 Å². The maximum atomic E-state index is 12.7. The summed E-state index contributed by atoms with van der Waals surface area (Å²) in [5.41, 5.74) is 2.97. The Labute approximate surface area is 165 Å². The van der Waals surface area contributed by atoms with Crippen LogP contribution in [0.4, 0.5) is 0 Å². The van der Waals surface area contributed by atoms with E-state index in [0.717, 1.165) is 35.3 Å². The maximum absolute atomic E-state index is 12.7. The van der Waals surface area contributed by atoms with Crippen molar-refractivity contribution in [2.75, 3.05) is 12.9 Å². The number of carbonyl (C=O) groups excluding carboxylic acids is 1. The largest absolute Gasteiger partial charge is 0.494 e. The average molecular weight is 404 g/mol. The molecule has 1 heterocycles. The van der Waals surface area contributed by atoms with Crippen LogP contribution in [0.1, 0.15) is 40.9 Å². The summed E-state index contributed by atoms with van der Waals surface area (Å²) in [6, 6.07) is 8.44. The second-order valence-corrected chi connectivity index (χ2v) is 9.08. The van der Waals surface area contributed by atoms with Crippen LogP contribution in [0.15, 0.2) is 35.2 Å². The summed E-state index contributed by atoms with van der Waals surface area (Å²) in [5.74, 6) is 1.21. The van der Waals surface area contributed by atoms with Crippen LogP contribution >= 0.6 is 0 Å². The summed E-state index contributed by atoms with van der Waals surface area (Å²) in [4.78, 5) is 12.8. The van der Waals surface area contributed by atoms with Crippen molar-refractivity contribution < 1.29 is 22.7 Å². The molecule has 2 aromatic carbocycles. The fraction of sp³-hybridized carbons (Fsp3) is 0.381. The van der Waals surface area contributed by atoms with Crippen LogP contribution in [-0.2, 0) is 22.8 Å². The Hall–Kier alpha value is -2.54. The molecule has 0 aliphatic carbocycles. The number of amides is 1. The fourth-order valence-corrected chi connectivity index (χ4v) is 3.90. The van der Waals surface area contributed by atoms with Crippen LogP contribution in [0.5, 0.6) is 11.5 Å². The Balaban J connectivity index is 1.83. The van der Waals surface area contributed by atoms with Gasteiger partial charge in [-0.2, -0.15) is 0 Å². The number of carbonyl (C=O) groups is 1. The molecule has 0 spiro atoms. The van der Waals surface area contributed by atoms with Gasteiger partial charge in [0.1, 0.15) is 17.6 Å². The van der Waals surface area contributed by atoms with Gasteiger partial charge in [-0.3, -0.25) is 4.79 Å². The van der Waals surface area contributed by atoms with Gasteiger partial charge in [0.2, 0.25) is 0 Å². The van der Waals surface area contributed by atoms with Crippen LogP contribution in [0.3, 0.4) is 0 Å². The van der Waals surface area contributed by atoms with Gasteiger partial charge in [-0.25, -0.2) is 8.42 Å². The molecule has 7 heteroatoms. The number of benzene rings is 2. The first-order chi connectivity index (χ1) is 13.2. The first-order valence-corrected chi connectivity index (χ1v) is 11.1. The summed E-state index contributed by atoms with van der Waals surface area (Å²) >= 11 is 0. The highest BCUT2D eigenvalue weighted by molar-refractivity contribution is 7.90. The molecule has 1 atom stereocenters. The molecule has 150 valence electrons. The third kappa shape index (κ3) is 4.30. The van der Waals surface area contributed by atoms with Gasteiger partial charge in [0.05, 0.1) is 11.5 Å². The number of aryl methyl sites for hydroxylation is 1. The van der Waals surface area contributed by atoms with Gasteiger partial charge in [0.25, 0.3) is 5.91 Å². The van der Waals surface area contributed by atoms with Crippen molar-refractivity contribution in [2.24, 2.45) is 0 Å². The lowest BCUT2D eigenvalue weighted by atomic mass is 10.1. The lowest BCUT2D eigenvalue weighted by molar-refractivity contribution is 0.0949. The summed E-state index contributed by atoms with van der Waals surface area (Å²) in [6.07, 6.45) is 2.08. The summed E-state index contributed by atoms with van der Waals surface area (Å²) in [5, 5.41) is 2.87. The first-order valence-electron chi connectivity index (χ1n) is 9.23. The minimum absolute atomic E-state index is 0.121. The van der Waals surface area contributed by atoms with E-state index in [1.54, 1.807) is 13.0 Å². The topological polar surface area (TPSA) is 81.7 Å². The monoisotopic (exact) mass is 403 g/mol. The standard InChI is InChI=1S/C21H25NO5S/c1-5-26-19-9-15-8-14(3)27-20(15)10-16(19)12-22-21(23)18-11-17(28(4,24)25)7-6-13(18)2/h6-7,9-11,14H,5,8,12H2,1-4H3,(H,22,23). The minimum atomic E-state index is -3.39. The smallest absolute Gasteiger partial charge is 0.251 e. The summed E-state index contributed by atoms with van der Waals surface area (Å²) in [6.45, 7) is 6.47. The number of ether oxygens (including phenoxy) is 2. The molecule has 28 heavy (non-hydrogen) atoms. The normalized spacial score (nSPS) is 15.6. The number of fused-ring (bicyclic) bond motifs is 1. The summed E-state index contributed by atoms with van der Waals surface area (Å²) in [7, 11) is -3.39. The number of nitrogens with one attached hydrogen (secondary N) is 1. The summed E-state index contributed by atoms with van der Waals surface area (Å²) < 4.78 is 35.1. The lowest BCUT2D eigenvalue weighted by Gasteiger charge is -2.14. The fourth-order valence-electron chi connectivity index (χ4n) is 3.26. The van der Waals surface area contributed by atoms with Gasteiger partial charge < -0.3 is 14.8 Å². The number of sulfone groups is 1. The number of hydrogen-bond acceptors (Lipinski definition) is 5. The second kappa shape index (κ2) is 7.83. The molecular weight excluding hydrogens is 378 g/mol. The minimum Gasteiger partial charge on any atom is -0.494 e. The van der Waals surface area contributed by atoms with Gasteiger partial charge in [0.15, 0.2) is 9.84 Å². The van der Waals surface area contributed by atoms with E-state index in [1.165, 1.54) is 12.1 Å². The number of rotatable bonds is 6. The zero-order chi connectivity index (χ0) is 20.5. The Morgan fingerprint density at radius 2 is 2.04 bits per heavy atom. The maximum Gasteiger partial charge on any atom is 0.251 e. The molecule has 3 rings (SSSR count). The zero-order valence-corrected chi connectivity index (χ0v) is 17.4. The van der Waals surface area contributed by atoms with Gasteiger partial charge in [0, 0.05) is 35.9 Å². The second-order valence-electron chi connectivity index (χ2n) is 7.06. The highest BCUT2D eigenvalue weighted by Gasteiger charge is 2.22. The molecule has 2 aromatic rings. The average Bonchev–Trinajstić information content (AvgIpc) is 2.98. The van der Waals surface area contributed by atoms with Crippen molar-refractivity contribution in [3.8, 4) is 11.5 Å². The highest BCUT2D eigenvalue weighted by atomic mass is 32.2. The van der Waals surface area contributed by atoms with Gasteiger partial charge in [-0.1, -0.05) is 6.07 Å². The molecule has 1 N–H and O–H groups in total. The Morgan fingerprint density at radius 1 is 1.29 bits per heavy atom. The van der Waals surface area contributed by atoms with Crippen LogP contribution < -0.4 is 14.8 Å². The van der Waals surface area contributed by atoms with Crippen molar-refractivity contribution in [3.05, 3.63) is 52.6 Å². The van der Waals surface area contributed by atoms with Crippen molar-refractivity contribution in [3.63, 3.8) is 0 Å². The molecule has 6 nitrogen and oxygen atoms in total. The Morgan fingerprint density at radius 3 is 2.71 bits per heavy atom. The Kier molecular flexibility index (Phi) is 5.65. The van der Waals surface area contributed by atoms with Gasteiger partial charge in [-0.05, 0) is 50.6 Å². The molecule has 1 aliphatic rings. The van der Waals surface area contributed by atoms with Crippen molar-refractivity contribution in [2.45, 2.75) is 44.7 Å². The van der Waals surface area contributed by atoms with Crippen LogP contribution in [0.2, 0.25) is 0 Å². The van der Waals surface area contributed by atoms with E-state index in [0.29, 0.717) is 17.7 Å². The molecule has 0 aromatic heterocycles. The van der Waals surface area contributed by atoms with E-state index < -0.39 is 9.84 Å². The van der Waals surface area contributed by atoms with Crippen LogP contribution in [0.25, 0.3) is 0 Å². The molecule has 0 fully saturated rings. The predicted molar refractivity (Wildman–Crippen MR) is 107 cm³/mol. The predicted octanol–water partition coefficient (Wildman–Crippen LogP) is 3.05. The van der Waals surface area contributed by atoms with E-state index in [9.17, 15) is 13.2 Å². The first kappa shape index (κ1) is 20.2. The molecule has 1 unspecified atom stereocenters. The SMILES string of the molecule is CCOc1cc2c(cc1CNC(=O)c1cc(S(C)(=O)=O)ccc1C)OC(C)C2. The third-order valence-electron chi connectivity index (χ3n) is 4.70. The molecule has 0 saturated heterocycles. The van der Waals surface area contributed by atoms with Crippen LogP contribution in [0, 0.1) is 6.92 Å². The molecule has 0 bridgehead atoms. The van der Waals surface area contributed by atoms with Crippen LogP contribution in [-0.4, -0.2) is 33.3 Å². The molecule has 1 amide bonds. The van der Waals surface area contributed by atoms with Crippen molar-refractivity contribution in [1.29, 1.82) is 0 Å². The van der Waals surface area contributed by atoms with E-state index >= 15 is 0 Å². The van der Waals surface area contributed by atoms with Crippen molar-refractivity contribution in [1.82, 2.24) is 5.32 Å². The molecule has 0 saturated carbocycles. The van der Waals surface area contributed by atoms with E-state index in [4.69, 9.17) is 9.47 Å². The molecule has 1 aliphatic heterocycles. The number of hydrogen-bond donors (Lipinski definition) is 1. The van der Waals surface area contributed by atoms with Gasteiger partial charge >= 0.3 is 0 Å². The third-order valence-corrected chi connectivity index (χ3v) is 5.81. The molecular formula is C21H25NO5S. The van der Waals surface area contributed by atoms with Crippen molar-refractivity contribution >= 4 is 15.7 Å². The Bertz CT molecular complexity index is 1010. The molecule has 0 radical (unpaired) electrons.